The first-order chi connectivity index (χ1) is 21.3. The molecule has 2 N–H and O–H groups in total. The Kier molecular flexibility index (Phi) is 8.79. The summed E-state index contributed by atoms with van der Waals surface area (Å²) in [5, 5.41) is 20.1. The van der Waals surface area contributed by atoms with Gasteiger partial charge in [-0.3, -0.25) is 19.0 Å². The quantitative estimate of drug-likeness (QED) is 0.228. The van der Waals surface area contributed by atoms with Gasteiger partial charge in [-0.2, -0.15) is 10.4 Å². The van der Waals surface area contributed by atoms with Crippen LogP contribution in [0.3, 0.4) is 0 Å². The summed E-state index contributed by atoms with van der Waals surface area (Å²) in [6.45, 7) is 2.80. The second kappa shape index (κ2) is 12.9. The van der Waals surface area contributed by atoms with E-state index in [-0.39, 0.29) is 23.9 Å². The largest absolute Gasteiger partial charge is 0.377 e. The molecule has 0 radical (unpaired) electrons. The summed E-state index contributed by atoms with van der Waals surface area (Å²) in [4.78, 5) is 41.5. The molecule has 2 aromatic carbocycles. The lowest BCUT2D eigenvalue weighted by Gasteiger charge is -2.29. The van der Waals surface area contributed by atoms with Crippen molar-refractivity contribution in [3.05, 3.63) is 115 Å². The summed E-state index contributed by atoms with van der Waals surface area (Å²) < 4.78 is 3.89. The van der Waals surface area contributed by atoms with Gasteiger partial charge in [-0.15, -0.1) is 6.42 Å². The number of carbonyl (C=O) groups excluding carboxylic acids is 2. The number of anilines is 1. The van der Waals surface area contributed by atoms with Crippen molar-refractivity contribution in [1.82, 2.24) is 24.4 Å². The molecule has 0 atom stereocenters. The molecule has 1 aliphatic heterocycles. The zero-order valence-electron chi connectivity index (χ0n) is 24.1. The van der Waals surface area contributed by atoms with E-state index in [1.165, 1.54) is 0 Å². The highest BCUT2D eigenvalue weighted by molar-refractivity contribution is 9.10. The van der Waals surface area contributed by atoms with Gasteiger partial charge in [-0.25, -0.2) is 4.52 Å². The predicted molar refractivity (Wildman–Crippen MR) is 172 cm³/mol. The van der Waals surface area contributed by atoms with E-state index in [1.54, 1.807) is 75.8 Å². The van der Waals surface area contributed by atoms with Crippen LogP contribution in [0.1, 0.15) is 44.5 Å². The zero-order valence-corrected chi connectivity index (χ0v) is 25.7. The number of terminal acetylenes is 1. The molecule has 4 aromatic rings. The number of halogens is 1. The van der Waals surface area contributed by atoms with Gasteiger partial charge in [0.1, 0.15) is 6.07 Å². The molecule has 10 nitrogen and oxygen atoms in total. The third-order valence-corrected chi connectivity index (χ3v) is 8.17. The van der Waals surface area contributed by atoms with Gasteiger partial charge in [0.15, 0.2) is 5.65 Å². The van der Waals surface area contributed by atoms with Gasteiger partial charge in [0.05, 0.1) is 35.4 Å². The van der Waals surface area contributed by atoms with E-state index in [0.29, 0.717) is 69.0 Å². The molecule has 0 unspecified atom stereocenters. The third kappa shape index (κ3) is 5.65. The van der Waals surface area contributed by atoms with E-state index in [2.05, 4.69) is 43.7 Å². The normalized spacial score (nSPS) is 12.9. The molecular weight excluding hydrogens is 622 g/mol. The molecule has 11 heteroatoms. The van der Waals surface area contributed by atoms with E-state index in [1.807, 2.05) is 19.1 Å². The Morgan fingerprint density at radius 2 is 1.93 bits per heavy atom. The van der Waals surface area contributed by atoms with Crippen LogP contribution in [-0.2, 0) is 13.0 Å². The first-order valence-corrected chi connectivity index (χ1v) is 14.6. The van der Waals surface area contributed by atoms with Crippen LogP contribution < -0.4 is 16.2 Å². The second-order valence-electron chi connectivity index (χ2n) is 9.99. The summed E-state index contributed by atoms with van der Waals surface area (Å²) in [5.74, 6) is 2.01. The van der Waals surface area contributed by atoms with E-state index in [4.69, 9.17) is 6.42 Å². The fourth-order valence-electron chi connectivity index (χ4n) is 5.14. The number of nitriles is 1. The Labute approximate surface area is 262 Å². The molecule has 2 aromatic heterocycles. The highest BCUT2D eigenvalue weighted by Crippen LogP contribution is 2.27. The van der Waals surface area contributed by atoms with Gasteiger partial charge in [-0.05, 0) is 89.5 Å². The topological polar surface area (TPSA) is 125 Å². The number of carbonyl (C=O) groups is 2. The molecule has 5 rings (SSSR count). The average molecular weight is 651 g/mol. The Hall–Kier alpha value is -5.39. The van der Waals surface area contributed by atoms with Crippen LogP contribution in [-0.4, -0.2) is 51.0 Å². The van der Waals surface area contributed by atoms with Gasteiger partial charge >= 0.3 is 0 Å². The number of hydrogen-bond donors (Lipinski definition) is 2. The molecule has 2 amide bonds. The molecule has 0 bridgehead atoms. The monoisotopic (exact) mass is 649 g/mol. The molecule has 1 aliphatic rings. The minimum atomic E-state index is -0.245. The van der Waals surface area contributed by atoms with Gasteiger partial charge in [-0.1, -0.05) is 12.0 Å². The number of fused-ring (bicyclic) bond motifs is 3. The Bertz CT molecular complexity index is 1990. The fraction of sp³-hybridized carbons (Fsp3) is 0.182. The van der Waals surface area contributed by atoms with Gasteiger partial charge < -0.3 is 15.5 Å². The molecular formula is C33H28BrN7O3. The molecule has 44 heavy (non-hydrogen) atoms. The SMILES string of the molecule is C#C/C=C\C(=C/C)CNc1cnn2c3c(c(=O)n(-c4ccc(C(=O)NC)cc4)c12)CCN(C(=O)c1ccc(Br)c(C#N)c1)C3. The smallest absolute Gasteiger partial charge is 0.261 e. The summed E-state index contributed by atoms with van der Waals surface area (Å²) in [5.41, 5.74) is 4.72. The van der Waals surface area contributed by atoms with Crippen LogP contribution in [0.2, 0.25) is 0 Å². The lowest BCUT2D eigenvalue weighted by molar-refractivity contribution is 0.0729. The maximum atomic E-state index is 14.2. The minimum absolute atomic E-state index is 0.153. The lowest BCUT2D eigenvalue weighted by Crippen LogP contribution is -2.41. The average Bonchev–Trinajstić information content (AvgIpc) is 3.48. The van der Waals surface area contributed by atoms with Gasteiger partial charge in [0.2, 0.25) is 0 Å². The first-order valence-electron chi connectivity index (χ1n) is 13.8. The number of allylic oxidation sites excluding steroid dienone is 2. The van der Waals surface area contributed by atoms with Crippen molar-refractivity contribution in [2.45, 2.75) is 19.9 Å². The standard InChI is InChI=1S/C33H28BrN7O3/c1-4-6-7-21(5-2)18-37-28-19-38-41-29-20-39(32(43)23-10-13-27(34)24(16-23)17-35)15-14-26(29)33(44)40(31(28)41)25-11-8-22(9-12-25)30(42)36-3/h1,5-13,16,19,37H,14-15,18,20H2,2-3H3,(H,36,42)/b7-6-,21-5+. The second-order valence-corrected chi connectivity index (χ2v) is 10.8. The summed E-state index contributed by atoms with van der Waals surface area (Å²) >= 11 is 3.34. The number of nitrogens with zero attached hydrogens (tertiary/aromatic N) is 5. The maximum absolute atomic E-state index is 14.2. The predicted octanol–water partition coefficient (Wildman–Crippen LogP) is 4.23. The van der Waals surface area contributed by atoms with Crippen molar-refractivity contribution < 1.29 is 9.59 Å². The lowest BCUT2D eigenvalue weighted by atomic mass is 10.0. The van der Waals surface area contributed by atoms with Crippen LogP contribution >= 0.6 is 15.9 Å². The number of benzene rings is 2. The van der Waals surface area contributed by atoms with Crippen molar-refractivity contribution in [2.75, 3.05) is 25.5 Å². The summed E-state index contributed by atoms with van der Waals surface area (Å²) in [6, 6.07) is 13.8. The molecule has 0 spiro atoms. The van der Waals surface area contributed by atoms with Crippen molar-refractivity contribution in [1.29, 1.82) is 5.26 Å². The van der Waals surface area contributed by atoms with Crippen molar-refractivity contribution in [2.24, 2.45) is 0 Å². The Morgan fingerprint density at radius 3 is 2.61 bits per heavy atom. The van der Waals surface area contributed by atoms with E-state index < -0.39 is 0 Å². The summed E-state index contributed by atoms with van der Waals surface area (Å²) in [6.07, 6.45) is 12.7. The van der Waals surface area contributed by atoms with Crippen LogP contribution in [0.25, 0.3) is 11.3 Å². The van der Waals surface area contributed by atoms with E-state index >= 15 is 0 Å². The third-order valence-electron chi connectivity index (χ3n) is 7.48. The fourth-order valence-corrected chi connectivity index (χ4v) is 5.47. The highest BCUT2D eigenvalue weighted by atomic mass is 79.9. The molecule has 0 saturated carbocycles. The van der Waals surface area contributed by atoms with Gasteiger partial charge in [0.25, 0.3) is 17.4 Å². The van der Waals surface area contributed by atoms with Crippen LogP contribution in [0.5, 0.6) is 0 Å². The number of rotatable bonds is 7. The zero-order chi connectivity index (χ0) is 31.4. The Morgan fingerprint density at radius 1 is 1.18 bits per heavy atom. The van der Waals surface area contributed by atoms with Crippen LogP contribution in [0, 0.1) is 23.7 Å². The number of aromatic nitrogens is 3. The highest BCUT2D eigenvalue weighted by Gasteiger charge is 2.29. The first kappa shape index (κ1) is 30.1. The molecule has 3 heterocycles. The van der Waals surface area contributed by atoms with Crippen LogP contribution in [0.15, 0.2) is 81.7 Å². The Balaban J connectivity index is 1.61. The van der Waals surface area contributed by atoms with Crippen molar-refractivity contribution in [3.63, 3.8) is 0 Å². The minimum Gasteiger partial charge on any atom is -0.377 e. The van der Waals surface area contributed by atoms with Crippen LogP contribution in [0.4, 0.5) is 5.69 Å². The molecule has 0 aliphatic carbocycles. The molecule has 0 fully saturated rings. The number of hydrogen-bond acceptors (Lipinski definition) is 6. The van der Waals surface area contributed by atoms with Gasteiger partial charge in [0, 0.05) is 41.3 Å². The van der Waals surface area contributed by atoms with Crippen molar-refractivity contribution in [3.8, 4) is 24.1 Å². The van der Waals surface area contributed by atoms with Crippen molar-refractivity contribution >= 4 is 39.1 Å². The molecule has 220 valence electrons. The van der Waals surface area contributed by atoms with E-state index in [0.717, 1.165) is 5.57 Å². The number of amides is 2. The van der Waals surface area contributed by atoms with E-state index in [9.17, 15) is 19.6 Å². The number of nitrogens with one attached hydrogen (secondary N) is 2. The summed E-state index contributed by atoms with van der Waals surface area (Å²) in [7, 11) is 1.56. The molecule has 0 saturated heterocycles. The maximum Gasteiger partial charge on any atom is 0.261 e.